The minimum absolute atomic E-state index is 0.372. The fraction of sp³-hybridized carbons (Fsp3) is 0.417. The van der Waals surface area contributed by atoms with Crippen molar-refractivity contribution in [2.45, 2.75) is 19.5 Å². The van der Waals surface area contributed by atoms with Gasteiger partial charge in [-0.2, -0.15) is 5.10 Å². The zero-order valence-corrected chi connectivity index (χ0v) is 11.6. The summed E-state index contributed by atoms with van der Waals surface area (Å²) in [6.07, 6.45) is 1.76. The first-order valence-electron chi connectivity index (χ1n) is 5.82. The van der Waals surface area contributed by atoms with E-state index in [1.165, 1.54) is 0 Å². The van der Waals surface area contributed by atoms with E-state index in [9.17, 15) is 0 Å². The van der Waals surface area contributed by atoms with E-state index in [1.54, 1.807) is 6.20 Å². The van der Waals surface area contributed by atoms with E-state index < -0.39 is 0 Å². The number of nitrogens with one attached hydrogen (secondary N) is 1. The molecule has 0 fully saturated rings. The van der Waals surface area contributed by atoms with Crippen LogP contribution in [0.4, 0.5) is 0 Å². The van der Waals surface area contributed by atoms with Gasteiger partial charge in [0.15, 0.2) is 10.6 Å². The Morgan fingerprint density at radius 1 is 1.44 bits per heavy atom. The van der Waals surface area contributed by atoms with Crippen LogP contribution < -0.4 is 0 Å². The first-order valence-corrected chi connectivity index (χ1v) is 6.23. The van der Waals surface area contributed by atoms with Gasteiger partial charge in [-0.25, -0.2) is 0 Å². The monoisotopic (exact) mass is 263 g/mol. The zero-order valence-electron chi connectivity index (χ0n) is 10.8. The Bertz CT molecular complexity index is 557. The van der Waals surface area contributed by atoms with Crippen LogP contribution in [0.1, 0.15) is 6.92 Å². The lowest BCUT2D eigenvalue weighted by atomic mass is 10.3. The molecule has 1 unspecified atom stereocenters. The average molecular weight is 263 g/mol. The van der Waals surface area contributed by atoms with E-state index in [-0.39, 0.29) is 0 Å². The molecule has 2 aromatic rings. The lowest BCUT2D eigenvalue weighted by Crippen LogP contribution is -2.29. The second kappa shape index (κ2) is 5.41. The number of aromatic amines is 1. The van der Waals surface area contributed by atoms with Gasteiger partial charge in [-0.3, -0.25) is 14.6 Å². The van der Waals surface area contributed by atoms with Crippen molar-refractivity contribution in [2.75, 3.05) is 14.1 Å². The molecule has 0 bridgehead atoms. The molecule has 0 radical (unpaired) electrons. The number of rotatable bonds is 4. The van der Waals surface area contributed by atoms with E-state index in [4.69, 9.17) is 12.2 Å². The van der Waals surface area contributed by atoms with Crippen LogP contribution in [0, 0.1) is 4.77 Å². The highest BCUT2D eigenvalue weighted by Gasteiger charge is 2.13. The average Bonchev–Trinajstić information content (AvgIpc) is 2.72. The number of pyridine rings is 1. The van der Waals surface area contributed by atoms with Crippen molar-refractivity contribution in [1.29, 1.82) is 0 Å². The molecule has 0 aliphatic rings. The van der Waals surface area contributed by atoms with Gasteiger partial charge in [0.1, 0.15) is 5.69 Å². The maximum absolute atomic E-state index is 5.28. The molecule has 0 aliphatic carbocycles. The van der Waals surface area contributed by atoms with Crippen molar-refractivity contribution in [3.63, 3.8) is 0 Å². The highest BCUT2D eigenvalue weighted by Crippen LogP contribution is 2.14. The standard InChI is InChI=1S/C12H17N5S/c1-9(16(2)3)8-17-11(14-15-12(17)18)10-6-4-5-7-13-10/h4-7,9H,8H2,1-3H3,(H,15,18). The highest BCUT2D eigenvalue weighted by atomic mass is 32.1. The van der Waals surface area contributed by atoms with Gasteiger partial charge in [0, 0.05) is 18.8 Å². The number of nitrogens with zero attached hydrogens (tertiary/aromatic N) is 4. The summed E-state index contributed by atoms with van der Waals surface area (Å²) in [7, 11) is 4.10. The second-order valence-corrected chi connectivity index (χ2v) is 4.88. The van der Waals surface area contributed by atoms with Crippen LogP contribution in [-0.2, 0) is 6.54 Å². The number of H-pyrrole nitrogens is 1. The summed E-state index contributed by atoms with van der Waals surface area (Å²) in [6.45, 7) is 2.94. The smallest absolute Gasteiger partial charge is 0.195 e. The van der Waals surface area contributed by atoms with Crippen LogP contribution in [-0.4, -0.2) is 44.8 Å². The minimum Gasteiger partial charge on any atom is -0.305 e. The molecule has 0 spiro atoms. The van der Waals surface area contributed by atoms with Crippen molar-refractivity contribution in [2.24, 2.45) is 0 Å². The molecule has 0 amide bonds. The maximum Gasteiger partial charge on any atom is 0.195 e. The molecule has 2 heterocycles. The summed E-state index contributed by atoms with van der Waals surface area (Å²) in [6, 6.07) is 6.13. The number of hydrogen-bond donors (Lipinski definition) is 1. The Hall–Kier alpha value is -1.53. The predicted molar refractivity (Wildman–Crippen MR) is 73.8 cm³/mol. The molecule has 0 saturated heterocycles. The number of likely N-dealkylation sites (N-methyl/N-ethyl adjacent to an activating group) is 1. The first kappa shape index (κ1) is 12.9. The lowest BCUT2D eigenvalue weighted by molar-refractivity contribution is 0.283. The van der Waals surface area contributed by atoms with Crippen molar-refractivity contribution in [1.82, 2.24) is 24.6 Å². The minimum atomic E-state index is 0.372. The molecule has 0 aliphatic heterocycles. The third kappa shape index (κ3) is 2.65. The molecular weight excluding hydrogens is 246 g/mol. The Morgan fingerprint density at radius 2 is 2.22 bits per heavy atom. The van der Waals surface area contributed by atoms with Crippen LogP contribution in [0.2, 0.25) is 0 Å². The Kier molecular flexibility index (Phi) is 3.88. The maximum atomic E-state index is 5.28. The zero-order chi connectivity index (χ0) is 13.1. The topological polar surface area (TPSA) is 49.7 Å². The van der Waals surface area contributed by atoms with E-state index in [0.29, 0.717) is 10.8 Å². The lowest BCUT2D eigenvalue weighted by Gasteiger charge is -2.20. The summed E-state index contributed by atoms with van der Waals surface area (Å²) >= 11 is 5.28. The van der Waals surface area contributed by atoms with Gasteiger partial charge in [0.05, 0.1) is 0 Å². The molecule has 6 heteroatoms. The fourth-order valence-electron chi connectivity index (χ4n) is 1.61. The molecular formula is C12H17N5S. The van der Waals surface area contributed by atoms with E-state index in [2.05, 4.69) is 41.1 Å². The quantitative estimate of drug-likeness (QED) is 0.857. The summed E-state index contributed by atoms with van der Waals surface area (Å²) < 4.78 is 2.62. The summed E-state index contributed by atoms with van der Waals surface area (Å²) in [5.74, 6) is 0.786. The van der Waals surface area contributed by atoms with Crippen LogP contribution >= 0.6 is 12.2 Å². The van der Waals surface area contributed by atoms with E-state index in [0.717, 1.165) is 18.1 Å². The molecule has 2 rings (SSSR count). The molecule has 96 valence electrons. The molecule has 1 atom stereocenters. The van der Waals surface area contributed by atoms with Gasteiger partial charge in [-0.1, -0.05) is 6.07 Å². The first-order chi connectivity index (χ1) is 8.59. The van der Waals surface area contributed by atoms with Gasteiger partial charge in [-0.05, 0) is 45.4 Å². The van der Waals surface area contributed by atoms with Crippen LogP contribution in [0.15, 0.2) is 24.4 Å². The Balaban J connectivity index is 2.37. The van der Waals surface area contributed by atoms with Gasteiger partial charge in [0.25, 0.3) is 0 Å². The van der Waals surface area contributed by atoms with Gasteiger partial charge < -0.3 is 4.90 Å². The molecule has 2 aromatic heterocycles. The van der Waals surface area contributed by atoms with Crippen molar-refractivity contribution in [3.05, 3.63) is 29.2 Å². The van der Waals surface area contributed by atoms with Crippen molar-refractivity contribution < 1.29 is 0 Å². The predicted octanol–water partition coefficient (Wildman–Crippen LogP) is 1.95. The Labute approximate surface area is 111 Å². The molecule has 0 aromatic carbocycles. The fourth-order valence-corrected chi connectivity index (χ4v) is 1.81. The third-order valence-corrected chi connectivity index (χ3v) is 3.29. The highest BCUT2D eigenvalue weighted by molar-refractivity contribution is 7.71. The normalized spacial score (nSPS) is 12.9. The largest absolute Gasteiger partial charge is 0.305 e. The van der Waals surface area contributed by atoms with Gasteiger partial charge in [0.2, 0.25) is 0 Å². The van der Waals surface area contributed by atoms with Gasteiger partial charge in [-0.15, -0.1) is 0 Å². The van der Waals surface area contributed by atoms with Crippen LogP contribution in [0.3, 0.4) is 0 Å². The van der Waals surface area contributed by atoms with E-state index in [1.807, 2.05) is 22.8 Å². The number of aromatic nitrogens is 4. The molecule has 1 N–H and O–H groups in total. The third-order valence-electron chi connectivity index (χ3n) is 2.98. The summed E-state index contributed by atoms with van der Waals surface area (Å²) in [5.41, 5.74) is 0.829. The van der Waals surface area contributed by atoms with E-state index >= 15 is 0 Å². The van der Waals surface area contributed by atoms with Crippen molar-refractivity contribution in [3.8, 4) is 11.5 Å². The van der Waals surface area contributed by atoms with Crippen molar-refractivity contribution >= 4 is 12.2 Å². The van der Waals surface area contributed by atoms with Crippen LogP contribution in [0.5, 0.6) is 0 Å². The molecule has 0 saturated carbocycles. The Morgan fingerprint density at radius 3 is 2.83 bits per heavy atom. The summed E-state index contributed by atoms with van der Waals surface area (Å²) in [5, 5.41) is 7.10. The van der Waals surface area contributed by atoms with Gasteiger partial charge >= 0.3 is 0 Å². The number of hydrogen-bond acceptors (Lipinski definition) is 4. The van der Waals surface area contributed by atoms with Crippen LogP contribution in [0.25, 0.3) is 11.5 Å². The summed E-state index contributed by atoms with van der Waals surface area (Å²) in [4.78, 5) is 6.46. The molecule has 5 nitrogen and oxygen atoms in total. The molecule has 18 heavy (non-hydrogen) atoms. The second-order valence-electron chi connectivity index (χ2n) is 4.49. The SMILES string of the molecule is CC(Cn1c(-c2ccccn2)n[nH]c1=S)N(C)C.